The number of rotatable bonds is 9. The summed E-state index contributed by atoms with van der Waals surface area (Å²) in [4.78, 5) is 2.35. The van der Waals surface area contributed by atoms with E-state index < -0.39 is 5.41 Å². The first-order valence-corrected chi connectivity index (χ1v) is 25.2. The van der Waals surface area contributed by atoms with Crippen LogP contribution in [0.4, 0.5) is 17.1 Å². The summed E-state index contributed by atoms with van der Waals surface area (Å²) in [5.74, 6) is 0. The number of furan rings is 1. The fraction of sp³-hybridized carbons (Fsp3) is 0.0141. The Bertz CT molecular complexity index is 4020. The van der Waals surface area contributed by atoms with E-state index in [-0.39, 0.29) is 0 Å². The molecule has 1 aromatic heterocycles. The average molecular weight is 930 g/mol. The van der Waals surface area contributed by atoms with Crippen LogP contribution in [0.1, 0.15) is 22.3 Å². The minimum Gasteiger partial charge on any atom is -0.455 e. The average Bonchev–Trinajstić information content (AvgIpc) is 4.01. The molecule has 0 fully saturated rings. The molecule has 0 N–H and O–H groups in total. The molecule has 1 aliphatic carbocycles. The molecule has 0 radical (unpaired) electrons. The smallest absolute Gasteiger partial charge is 0.143 e. The minimum atomic E-state index is -0.501. The number of anilines is 3. The molecule has 0 unspecified atom stereocenters. The summed E-state index contributed by atoms with van der Waals surface area (Å²) >= 11 is 0. The van der Waals surface area contributed by atoms with Crippen molar-refractivity contribution in [2.24, 2.45) is 0 Å². The third kappa shape index (κ3) is 6.94. The van der Waals surface area contributed by atoms with E-state index in [4.69, 9.17) is 4.42 Å². The Labute approximate surface area is 425 Å². The number of fused-ring (bicyclic) bond motifs is 8. The molecule has 1 heterocycles. The lowest BCUT2D eigenvalue weighted by Crippen LogP contribution is -2.28. The predicted octanol–water partition coefficient (Wildman–Crippen LogP) is 19.2. The quantitative estimate of drug-likeness (QED) is 0.143. The van der Waals surface area contributed by atoms with Crippen molar-refractivity contribution in [2.45, 2.75) is 5.41 Å². The maximum absolute atomic E-state index is 6.94. The molecule has 2 heteroatoms. The highest BCUT2D eigenvalue weighted by Gasteiger charge is 2.46. The van der Waals surface area contributed by atoms with Crippen molar-refractivity contribution >= 4 is 49.8 Å². The standard InChI is InChI=1S/C71H47NO/c1-5-18-48(19-6-1)50-32-39-56(40-33-50)72(57-41-34-51(35-42-57)49-20-7-2-8-21-49)58-43-36-52(37-44-58)59-29-17-31-68-69(59)65-47-64(60-26-13-14-28-63(60)70(65)73-68)53-38-45-62-61-27-15-16-30-66(61)71(67(62)46-53,54-22-9-3-10-23-54)55-24-11-4-12-25-55/h1-47H. The van der Waals surface area contributed by atoms with Crippen LogP contribution in [0.5, 0.6) is 0 Å². The molecular weight excluding hydrogens is 883 g/mol. The number of hydrogen-bond acceptors (Lipinski definition) is 2. The Morgan fingerprint density at radius 1 is 0.274 bits per heavy atom. The van der Waals surface area contributed by atoms with Crippen molar-refractivity contribution in [3.8, 4) is 55.6 Å². The van der Waals surface area contributed by atoms with Crippen molar-refractivity contribution in [3.05, 3.63) is 307 Å². The summed E-state index contributed by atoms with van der Waals surface area (Å²) in [7, 11) is 0. The molecule has 0 bridgehead atoms. The first-order chi connectivity index (χ1) is 36.2. The minimum absolute atomic E-state index is 0.501. The van der Waals surface area contributed by atoms with E-state index in [0.29, 0.717) is 0 Å². The van der Waals surface area contributed by atoms with Crippen molar-refractivity contribution in [1.82, 2.24) is 0 Å². The van der Waals surface area contributed by atoms with Crippen LogP contribution in [0.15, 0.2) is 290 Å². The van der Waals surface area contributed by atoms with Gasteiger partial charge in [0, 0.05) is 33.2 Å². The van der Waals surface area contributed by atoms with E-state index in [9.17, 15) is 0 Å². The summed E-state index contributed by atoms with van der Waals surface area (Å²) < 4.78 is 6.94. The molecule has 0 saturated heterocycles. The Morgan fingerprint density at radius 3 is 1.32 bits per heavy atom. The summed E-state index contributed by atoms with van der Waals surface area (Å²) in [6, 6.07) is 104. The van der Waals surface area contributed by atoms with Crippen LogP contribution >= 0.6 is 0 Å². The molecule has 0 atom stereocenters. The van der Waals surface area contributed by atoms with Gasteiger partial charge in [0.2, 0.25) is 0 Å². The monoisotopic (exact) mass is 929 g/mol. The largest absolute Gasteiger partial charge is 0.455 e. The maximum atomic E-state index is 6.94. The molecule has 342 valence electrons. The van der Waals surface area contributed by atoms with E-state index in [1.807, 2.05) is 0 Å². The molecule has 13 aromatic rings. The van der Waals surface area contributed by atoms with Gasteiger partial charge in [-0.25, -0.2) is 0 Å². The Balaban J connectivity index is 0.907. The fourth-order valence-corrected chi connectivity index (χ4v) is 11.8. The first-order valence-electron chi connectivity index (χ1n) is 25.2. The molecule has 1 aliphatic rings. The van der Waals surface area contributed by atoms with Crippen molar-refractivity contribution in [2.75, 3.05) is 4.90 Å². The molecular formula is C71H47NO. The molecule has 0 amide bonds. The van der Waals surface area contributed by atoms with Gasteiger partial charge in [0.1, 0.15) is 11.2 Å². The molecule has 14 rings (SSSR count). The van der Waals surface area contributed by atoms with Crippen LogP contribution in [0.3, 0.4) is 0 Å². The zero-order chi connectivity index (χ0) is 48.3. The van der Waals surface area contributed by atoms with Crippen molar-refractivity contribution in [1.29, 1.82) is 0 Å². The van der Waals surface area contributed by atoms with Gasteiger partial charge in [0.15, 0.2) is 0 Å². The van der Waals surface area contributed by atoms with Crippen LogP contribution in [-0.2, 0) is 5.41 Å². The summed E-state index contributed by atoms with van der Waals surface area (Å²) in [6.07, 6.45) is 0. The Morgan fingerprint density at radius 2 is 0.726 bits per heavy atom. The highest BCUT2D eigenvalue weighted by molar-refractivity contribution is 6.22. The highest BCUT2D eigenvalue weighted by Crippen LogP contribution is 2.57. The second-order valence-corrected chi connectivity index (χ2v) is 19.1. The predicted molar refractivity (Wildman–Crippen MR) is 305 cm³/mol. The van der Waals surface area contributed by atoms with Crippen molar-refractivity contribution in [3.63, 3.8) is 0 Å². The zero-order valence-electron chi connectivity index (χ0n) is 40.0. The number of benzene rings is 12. The molecule has 0 aliphatic heterocycles. The second kappa shape index (κ2) is 17.4. The van der Waals surface area contributed by atoms with Crippen LogP contribution in [0.2, 0.25) is 0 Å². The van der Waals surface area contributed by atoms with Gasteiger partial charge in [-0.3, -0.25) is 0 Å². The molecule has 73 heavy (non-hydrogen) atoms. The second-order valence-electron chi connectivity index (χ2n) is 19.1. The summed E-state index contributed by atoms with van der Waals surface area (Å²) in [5, 5.41) is 4.47. The van der Waals surface area contributed by atoms with E-state index in [1.54, 1.807) is 0 Å². The van der Waals surface area contributed by atoms with Gasteiger partial charge < -0.3 is 9.32 Å². The van der Waals surface area contributed by atoms with Gasteiger partial charge in [-0.1, -0.05) is 231 Å². The van der Waals surface area contributed by atoms with Gasteiger partial charge in [-0.05, 0) is 138 Å². The first kappa shape index (κ1) is 42.4. The SMILES string of the molecule is c1ccc(-c2ccc(N(c3ccc(-c4ccccc4)cc3)c3ccc(-c4cccc5oc6c7ccccc7c(-c7ccc8c(c7)C(c7ccccc7)(c7ccccc7)c7ccccc7-8)cc6c45)cc3)cc2)cc1. The summed E-state index contributed by atoms with van der Waals surface area (Å²) in [6.45, 7) is 0. The third-order valence-corrected chi connectivity index (χ3v) is 15.2. The maximum Gasteiger partial charge on any atom is 0.143 e. The molecule has 2 nitrogen and oxygen atoms in total. The number of hydrogen-bond donors (Lipinski definition) is 0. The van der Waals surface area contributed by atoms with Gasteiger partial charge in [-0.2, -0.15) is 0 Å². The normalized spacial score (nSPS) is 12.5. The topological polar surface area (TPSA) is 16.4 Å². The van der Waals surface area contributed by atoms with E-state index in [0.717, 1.165) is 60.9 Å². The third-order valence-electron chi connectivity index (χ3n) is 15.2. The van der Waals surface area contributed by atoms with E-state index in [1.165, 1.54) is 66.8 Å². The van der Waals surface area contributed by atoms with Crippen LogP contribution in [0.25, 0.3) is 88.3 Å². The summed E-state index contributed by atoms with van der Waals surface area (Å²) in [5.41, 5.74) is 21.5. The lowest BCUT2D eigenvalue weighted by Gasteiger charge is -2.34. The van der Waals surface area contributed by atoms with Crippen LogP contribution in [0, 0.1) is 0 Å². The van der Waals surface area contributed by atoms with Crippen LogP contribution in [-0.4, -0.2) is 0 Å². The van der Waals surface area contributed by atoms with Gasteiger partial charge >= 0.3 is 0 Å². The molecule has 0 spiro atoms. The lowest BCUT2D eigenvalue weighted by molar-refractivity contribution is 0.673. The Kier molecular flexibility index (Phi) is 10.1. The van der Waals surface area contributed by atoms with Crippen molar-refractivity contribution < 1.29 is 4.42 Å². The number of nitrogens with zero attached hydrogens (tertiary/aromatic N) is 1. The van der Waals surface area contributed by atoms with Gasteiger partial charge in [0.25, 0.3) is 0 Å². The van der Waals surface area contributed by atoms with E-state index in [2.05, 4.69) is 290 Å². The zero-order valence-corrected chi connectivity index (χ0v) is 40.0. The van der Waals surface area contributed by atoms with E-state index >= 15 is 0 Å². The lowest BCUT2D eigenvalue weighted by atomic mass is 9.67. The van der Waals surface area contributed by atoms with Crippen LogP contribution < -0.4 is 4.90 Å². The van der Waals surface area contributed by atoms with Gasteiger partial charge in [-0.15, -0.1) is 0 Å². The molecule has 12 aromatic carbocycles. The fourth-order valence-electron chi connectivity index (χ4n) is 11.8. The van der Waals surface area contributed by atoms with Gasteiger partial charge in [0.05, 0.1) is 5.41 Å². The Hall–Kier alpha value is -9.50. The highest BCUT2D eigenvalue weighted by atomic mass is 16.3. The molecule has 0 saturated carbocycles.